The first-order chi connectivity index (χ1) is 15.2. The zero-order chi connectivity index (χ0) is 20.9. The van der Waals surface area contributed by atoms with Gasteiger partial charge in [-0.3, -0.25) is 4.79 Å². The fourth-order valence-corrected chi connectivity index (χ4v) is 4.61. The quantitative estimate of drug-likeness (QED) is 0.459. The van der Waals surface area contributed by atoms with Crippen molar-refractivity contribution in [2.45, 2.75) is 13.3 Å². The zero-order valence-corrected chi connectivity index (χ0v) is 17.2. The number of Topliss-reactive ketones (excluding diaryl/α,β-unsaturated/α-hetero) is 1. The number of pyridine rings is 1. The SMILES string of the molecule is Cc1c(-c2ccc3c(c2)/C(=C/c2c[nH]c4ccccc24)C(=O)C3)cnc2c1NCCO2. The predicted octanol–water partition coefficient (Wildman–Crippen LogP) is 5.01. The normalized spacial score (nSPS) is 16.2. The predicted molar refractivity (Wildman–Crippen MR) is 123 cm³/mol. The molecule has 0 radical (unpaired) electrons. The highest BCUT2D eigenvalue weighted by Crippen LogP contribution is 2.39. The van der Waals surface area contributed by atoms with Crippen molar-refractivity contribution in [2.75, 3.05) is 18.5 Å². The Balaban J connectivity index is 1.47. The monoisotopic (exact) mass is 407 g/mol. The van der Waals surface area contributed by atoms with E-state index in [9.17, 15) is 4.79 Å². The Morgan fingerprint density at radius 1 is 1.13 bits per heavy atom. The third kappa shape index (κ3) is 2.85. The summed E-state index contributed by atoms with van der Waals surface area (Å²) >= 11 is 0. The van der Waals surface area contributed by atoms with E-state index < -0.39 is 0 Å². The molecule has 0 atom stereocenters. The summed E-state index contributed by atoms with van der Waals surface area (Å²) in [6.07, 6.45) is 6.30. The van der Waals surface area contributed by atoms with Gasteiger partial charge in [-0.1, -0.05) is 30.3 Å². The second-order valence-electron chi connectivity index (χ2n) is 8.07. The number of hydrogen-bond acceptors (Lipinski definition) is 4. The number of para-hydroxylation sites is 1. The molecule has 0 saturated heterocycles. The number of carbonyl (C=O) groups is 1. The molecule has 2 aliphatic rings. The van der Waals surface area contributed by atoms with Gasteiger partial charge in [0.1, 0.15) is 12.3 Å². The molecule has 0 bridgehead atoms. The summed E-state index contributed by atoms with van der Waals surface area (Å²) in [5.74, 6) is 0.816. The number of anilines is 1. The largest absolute Gasteiger partial charge is 0.474 e. The van der Waals surface area contributed by atoms with Crippen LogP contribution in [-0.2, 0) is 11.2 Å². The molecular formula is C26H21N3O2. The molecule has 31 heavy (non-hydrogen) atoms. The third-order valence-corrected chi connectivity index (χ3v) is 6.23. The Bertz CT molecular complexity index is 1400. The van der Waals surface area contributed by atoms with Crippen LogP contribution in [0.2, 0.25) is 0 Å². The maximum absolute atomic E-state index is 12.9. The van der Waals surface area contributed by atoms with E-state index in [1.807, 2.05) is 36.7 Å². The Hall–Kier alpha value is -3.86. The number of rotatable bonds is 2. The van der Waals surface area contributed by atoms with Crippen LogP contribution >= 0.6 is 0 Å². The highest BCUT2D eigenvalue weighted by molar-refractivity contribution is 6.30. The van der Waals surface area contributed by atoms with Gasteiger partial charge in [0.05, 0.1) is 0 Å². The molecule has 1 aliphatic carbocycles. The number of aromatic amines is 1. The standard InChI is InChI=1S/C26H21N3O2/c1-15-22(14-29-26-25(15)27-8-9-31-26)16-6-7-17-12-24(30)21(20(17)10-16)11-18-13-28-23-5-3-2-4-19(18)23/h2-7,10-11,13-14,27-28H,8-9,12H2,1H3/b21-11-. The summed E-state index contributed by atoms with van der Waals surface area (Å²) in [5.41, 5.74) is 9.12. The highest BCUT2D eigenvalue weighted by atomic mass is 16.5. The van der Waals surface area contributed by atoms with Gasteiger partial charge in [0.25, 0.3) is 0 Å². The van der Waals surface area contributed by atoms with Crippen molar-refractivity contribution < 1.29 is 9.53 Å². The van der Waals surface area contributed by atoms with Crippen molar-refractivity contribution >= 4 is 34.0 Å². The van der Waals surface area contributed by atoms with Gasteiger partial charge in [-0.15, -0.1) is 0 Å². The maximum Gasteiger partial charge on any atom is 0.237 e. The maximum atomic E-state index is 12.9. The number of ketones is 1. The van der Waals surface area contributed by atoms with E-state index in [0.29, 0.717) is 18.9 Å². The molecular weight excluding hydrogens is 386 g/mol. The van der Waals surface area contributed by atoms with E-state index in [1.165, 1.54) is 0 Å². The van der Waals surface area contributed by atoms with Gasteiger partial charge in [0.2, 0.25) is 5.88 Å². The number of nitrogens with zero attached hydrogens (tertiary/aromatic N) is 1. The van der Waals surface area contributed by atoms with Gasteiger partial charge in [-0.25, -0.2) is 4.98 Å². The first-order valence-corrected chi connectivity index (χ1v) is 10.5. The lowest BCUT2D eigenvalue weighted by molar-refractivity contribution is -0.112. The Morgan fingerprint density at radius 3 is 2.97 bits per heavy atom. The van der Waals surface area contributed by atoms with Gasteiger partial charge in [-0.05, 0) is 47.4 Å². The number of fused-ring (bicyclic) bond motifs is 3. The number of benzene rings is 2. The fraction of sp³-hybridized carbons (Fsp3) is 0.154. The van der Waals surface area contributed by atoms with Crippen molar-refractivity contribution in [3.05, 3.63) is 77.1 Å². The van der Waals surface area contributed by atoms with E-state index in [4.69, 9.17) is 4.74 Å². The molecule has 6 rings (SSSR count). The third-order valence-electron chi connectivity index (χ3n) is 6.23. The van der Waals surface area contributed by atoms with Crippen molar-refractivity contribution in [3.63, 3.8) is 0 Å². The van der Waals surface area contributed by atoms with Gasteiger partial charge in [-0.2, -0.15) is 0 Å². The lowest BCUT2D eigenvalue weighted by Crippen LogP contribution is -2.20. The van der Waals surface area contributed by atoms with Crippen LogP contribution in [0.3, 0.4) is 0 Å². The molecule has 0 fully saturated rings. The Labute approximate surface area is 179 Å². The number of aromatic nitrogens is 2. The van der Waals surface area contributed by atoms with E-state index >= 15 is 0 Å². The smallest absolute Gasteiger partial charge is 0.237 e. The molecule has 1 aliphatic heterocycles. The van der Waals surface area contributed by atoms with Crippen LogP contribution in [0.15, 0.2) is 54.9 Å². The molecule has 3 heterocycles. The molecule has 152 valence electrons. The minimum Gasteiger partial charge on any atom is -0.474 e. The number of H-pyrrole nitrogens is 1. The second-order valence-corrected chi connectivity index (χ2v) is 8.07. The highest BCUT2D eigenvalue weighted by Gasteiger charge is 2.26. The van der Waals surface area contributed by atoms with Crippen molar-refractivity contribution in [2.24, 2.45) is 0 Å². The van der Waals surface area contributed by atoms with Crippen LogP contribution in [0.1, 0.15) is 22.3 Å². The van der Waals surface area contributed by atoms with Crippen LogP contribution in [0.4, 0.5) is 5.69 Å². The summed E-state index contributed by atoms with van der Waals surface area (Å²) in [6.45, 7) is 3.48. The molecule has 4 aromatic rings. The van der Waals surface area contributed by atoms with Crippen LogP contribution in [0, 0.1) is 6.92 Å². The number of allylic oxidation sites excluding steroid dienone is 1. The zero-order valence-electron chi connectivity index (χ0n) is 17.2. The number of ether oxygens (including phenoxy) is 1. The fourth-order valence-electron chi connectivity index (χ4n) is 4.61. The van der Waals surface area contributed by atoms with E-state index in [2.05, 4.69) is 46.5 Å². The molecule has 0 unspecified atom stereocenters. The number of carbonyl (C=O) groups excluding carboxylic acids is 1. The Kier molecular flexibility index (Phi) is 3.96. The lowest BCUT2D eigenvalue weighted by atomic mass is 9.96. The topological polar surface area (TPSA) is 67.0 Å². The van der Waals surface area contributed by atoms with E-state index in [1.54, 1.807) is 0 Å². The summed E-state index contributed by atoms with van der Waals surface area (Å²) in [6, 6.07) is 14.4. The Morgan fingerprint density at radius 2 is 2.03 bits per heavy atom. The van der Waals surface area contributed by atoms with Gasteiger partial charge in [0.15, 0.2) is 5.78 Å². The molecule has 5 nitrogen and oxygen atoms in total. The van der Waals surface area contributed by atoms with Crippen LogP contribution in [-0.4, -0.2) is 28.9 Å². The average Bonchev–Trinajstić information content (AvgIpc) is 3.35. The summed E-state index contributed by atoms with van der Waals surface area (Å²) in [4.78, 5) is 20.7. The van der Waals surface area contributed by atoms with Gasteiger partial charge < -0.3 is 15.0 Å². The summed E-state index contributed by atoms with van der Waals surface area (Å²) in [7, 11) is 0. The van der Waals surface area contributed by atoms with Crippen LogP contribution in [0.25, 0.3) is 33.7 Å². The summed E-state index contributed by atoms with van der Waals surface area (Å²) < 4.78 is 5.66. The minimum atomic E-state index is 0.160. The van der Waals surface area contributed by atoms with Crippen LogP contribution in [0.5, 0.6) is 5.88 Å². The molecule has 2 N–H and O–H groups in total. The average molecular weight is 407 g/mol. The van der Waals surface area contributed by atoms with E-state index in [-0.39, 0.29) is 5.78 Å². The molecule has 0 spiro atoms. The van der Waals surface area contributed by atoms with Gasteiger partial charge >= 0.3 is 0 Å². The molecule has 2 aromatic heterocycles. The number of hydrogen-bond donors (Lipinski definition) is 2. The first-order valence-electron chi connectivity index (χ1n) is 10.5. The lowest BCUT2D eigenvalue weighted by Gasteiger charge is -2.21. The van der Waals surface area contributed by atoms with Crippen molar-refractivity contribution in [1.82, 2.24) is 9.97 Å². The minimum absolute atomic E-state index is 0.160. The summed E-state index contributed by atoms with van der Waals surface area (Å²) in [5, 5.41) is 4.52. The molecule has 0 saturated carbocycles. The van der Waals surface area contributed by atoms with Gasteiger partial charge in [0, 0.05) is 53.0 Å². The van der Waals surface area contributed by atoms with Crippen molar-refractivity contribution in [1.29, 1.82) is 0 Å². The molecule has 2 aromatic carbocycles. The first kappa shape index (κ1) is 18.0. The van der Waals surface area contributed by atoms with Crippen LogP contribution < -0.4 is 10.1 Å². The molecule has 0 amide bonds. The molecule has 5 heteroatoms. The second kappa shape index (κ2) is 6.84. The number of nitrogens with one attached hydrogen (secondary N) is 2. The van der Waals surface area contributed by atoms with E-state index in [0.717, 1.165) is 62.1 Å². The van der Waals surface area contributed by atoms with Crippen molar-refractivity contribution in [3.8, 4) is 17.0 Å².